The predicted molar refractivity (Wildman–Crippen MR) is 75.2 cm³/mol. The van der Waals surface area contributed by atoms with Gasteiger partial charge in [0.1, 0.15) is 5.69 Å². The molecule has 8 heteroatoms. The van der Waals surface area contributed by atoms with Crippen LogP contribution >= 0.6 is 23.2 Å². The smallest absolute Gasteiger partial charge is 0.302 e. The topological polar surface area (TPSA) is 45.8 Å². The minimum Gasteiger partial charge on any atom is -0.302 e. The fourth-order valence-electron chi connectivity index (χ4n) is 1.55. The SMILES string of the molecule is O=c1nc(C=Cc2c(Cl)cccc2Cl)cc(C(F)(F)F)[nH]1. The largest absolute Gasteiger partial charge is 0.431 e. The third kappa shape index (κ3) is 3.86. The van der Waals surface area contributed by atoms with E-state index < -0.39 is 17.6 Å². The molecule has 1 N–H and O–H groups in total. The number of nitrogens with one attached hydrogen (secondary N) is 1. The lowest BCUT2D eigenvalue weighted by Gasteiger charge is -2.06. The van der Waals surface area contributed by atoms with E-state index in [9.17, 15) is 18.0 Å². The van der Waals surface area contributed by atoms with Crippen LogP contribution in [0.25, 0.3) is 12.2 Å². The Balaban J connectivity index is 2.42. The van der Waals surface area contributed by atoms with E-state index in [0.717, 1.165) is 6.07 Å². The van der Waals surface area contributed by atoms with Crippen molar-refractivity contribution in [1.29, 1.82) is 0 Å². The summed E-state index contributed by atoms with van der Waals surface area (Å²) in [7, 11) is 0. The van der Waals surface area contributed by atoms with Crippen molar-refractivity contribution in [1.82, 2.24) is 9.97 Å². The van der Waals surface area contributed by atoms with E-state index >= 15 is 0 Å². The molecule has 0 atom stereocenters. The summed E-state index contributed by atoms with van der Waals surface area (Å²) >= 11 is 11.9. The molecular formula is C13H7Cl2F3N2O. The van der Waals surface area contributed by atoms with Crippen LogP contribution < -0.4 is 5.69 Å². The van der Waals surface area contributed by atoms with Crippen molar-refractivity contribution in [3.63, 3.8) is 0 Å². The summed E-state index contributed by atoms with van der Waals surface area (Å²) < 4.78 is 37.7. The Hall–Kier alpha value is -1.79. The van der Waals surface area contributed by atoms with Crippen molar-refractivity contribution in [2.24, 2.45) is 0 Å². The number of H-pyrrole nitrogens is 1. The number of hydrogen-bond acceptors (Lipinski definition) is 2. The summed E-state index contributed by atoms with van der Waals surface area (Å²) in [6.45, 7) is 0. The number of rotatable bonds is 2. The number of alkyl halides is 3. The van der Waals surface area contributed by atoms with E-state index in [1.54, 1.807) is 23.2 Å². The van der Waals surface area contributed by atoms with Crippen LogP contribution in [0.2, 0.25) is 10.0 Å². The summed E-state index contributed by atoms with van der Waals surface area (Å²) in [5.74, 6) is 0. The molecule has 110 valence electrons. The summed E-state index contributed by atoms with van der Waals surface area (Å²) in [5, 5.41) is 0.666. The molecule has 1 aromatic heterocycles. The van der Waals surface area contributed by atoms with Crippen molar-refractivity contribution >= 4 is 35.4 Å². The van der Waals surface area contributed by atoms with Gasteiger partial charge >= 0.3 is 11.9 Å². The monoisotopic (exact) mass is 334 g/mol. The molecule has 0 bridgehead atoms. The van der Waals surface area contributed by atoms with Gasteiger partial charge in [0, 0.05) is 15.6 Å². The van der Waals surface area contributed by atoms with E-state index in [1.807, 2.05) is 0 Å². The Morgan fingerprint density at radius 1 is 1.14 bits per heavy atom. The first kappa shape index (κ1) is 15.6. The van der Waals surface area contributed by atoms with Crippen LogP contribution in [0.1, 0.15) is 17.0 Å². The highest BCUT2D eigenvalue weighted by Gasteiger charge is 2.32. The summed E-state index contributed by atoms with van der Waals surface area (Å²) in [6.07, 6.45) is -2.03. The van der Waals surface area contributed by atoms with Gasteiger partial charge in [0.05, 0.1) is 5.69 Å². The molecule has 0 spiro atoms. The molecule has 0 radical (unpaired) electrons. The molecule has 0 aliphatic carbocycles. The van der Waals surface area contributed by atoms with Gasteiger partial charge in [-0.05, 0) is 30.4 Å². The van der Waals surface area contributed by atoms with Gasteiger partial charge in [-0.1, -0.05) is 29.3 Å². The van der Waals surface area contributed by atoms with E-state index in [-0.39, 0.29) is 5.69 Å². The molecule has 0 fully saturated rings. The van der Waals surface area contributed by atoms with Crippen molar-refractivity contribution in [2.75, 3.05) is 0 Å². The van der Waals surface area contributed by atoms with Crippen molar-refractivity contribution in [3.8, 4) is 0 Å². The normalized spacial score (nSPS) is 12.0. The molecule has 0 saturated heterocycles. The zero-order valence-corrected chi connectivity index (χ0v) is 11.7. The first-order valence-electron chi connectivity index (χ1n) is 5.58. The highest BCUT2D eigenvalue weighted by atomic mass is 35.5. The summed E-state index contributed by atoms with van der Waals surface area (Å²) in [5.41, 5.74) is -1.99. The van der Waals surface area contributed by atoms with Crippen LogP contribution in [-0.2, 0) is 6.18 Å². The molecule has 2 rings (SSSR count). The van der Waals surface area contributed by atoms with Crippen LogP contribution in [-0.4, -0.2) is 9.97 Å². The average Bonchev–Trinajstić information content (AvgIpc) is 2.36. The third-order valence-electron chi connectivity index (χ3n) is 2.49. The highest BCUT2D eigenvalue weighted by Crippen LogP contribution is 2.28. The molecule has 21 heavy (non-hydrogen) atoms. The molecule has 0 unspecified atom stereocenters. The molecule has 0 aliphatic rings. The molecule has 0 aliphatic heterocycles. The number of benzene rings is 1. The standard InChI is InChI=1S/C13H7Cl2F3N2O/c14-9-2-1-3-10(15)8(9)5-4-7-6-11(13(16,17)18)20-12(21)19-7/h1-6H,(H,19,20,21). The van der Waals surface area contributed by atoms with Gasteiger partial charge < -0.3 is 4.98 Å². The van der Waals surface area contributed by atoms with Crippen LogP contribution in [0.4, 0.5) is 13.2 Å². The third-order valence-corrected chi connectivity index (χ3v) is 3.15. The maximum absolute atomic E-state index is 12.6. The number of halogens is 5. The molecule has 0 amide bonds. The van der Waals surface area contributed by atoms with Crippen molar-refractivity contribution < 1.29 is 13.2 Å². The predicted octanol–water partition coefficient (Wildman–Crippen LogP) is 4.27. The summed E-state index contributed by atoms with van der Waals surface area (Å²) in [4.78, 5) is 16.2. The Labute approximate surface area is 127 Å². The number of nitrogens with zero attached hydrogens (tertiary/aromatic N) is 1. The minimum atomic E-state index is -4.66. The van der Waals surface area contributed by atoms with Crippen molar-refractivity contribution in [2.45, 2.75) is 6.18 Å². The van der Waals surface area contributed by atoms with E-state index in [0.29, 0.717) is 15.6 Å². The Morgan fingerprint density at radius 2 is 1.76 bits per heavy atom. The molecule has 3 nitrogen and oxygen atoms in total. The summed E-state index contributed by atoms with van der Waals surface area (Å²) in [6, 6.07) is 5.52. The zero-order chi connectivity index (χ0) is 15.6. The van der Waals surface area contributed by atoms with Crippen LogP contribution in [0.15, 0.2) is 29.1 Å². The molecular weight excluding hydrogens is 328 g/mol. The molecule has 1 heterocycles. The molecule has 2 aromatic rings. The number of aromatic amines is 1. The second-order valence-electron chi connectivity index (χ2n) is 3.99. The maximum atomic E-state index is 12.6. The first-order chi connectivity index (χ1) is 9.77. The lowest BCUT2D eigenvalue weighted by Crippen LogP contribution is -2.19. The second kappa shape index (κ2) is 5.91. The highest BCUT2D eigenvalue weighted by molar-refractivity contribution is 6.37. The van der Waals surface area contributed by atoms with E-state index in [4.69, 9.17) is 23.2 Å². The second-order valence-corrected chi connectivity index (χ2v) is 4.81. The van der Waals surface area contributed by atoms with Gasteiger partial charge in [-0.3, -0.25) is 0 Å². The molecule has 1 aromatic carbocycles. The average molecular weight is 335 g/mol. The fourth-order valence-corrected chi connectivity index (χ4v) is 2.08. The van der Waals surface area contributed by atoms with Gasteiger partial charge in [0.2, 0.25) is 0 Å². The fraction of sp³-hybridized carbons (Fsp3) is 0.0769. The zero-order valence-electron chi connectivity index (χ0n) is 10.2. The van der Waals surface area contributed by atoms with Crippen LogP contribution in [0, 0.1) is 0 Å². The molecule has 0 saturated carbocycles. The maximum Gasteiger partial charge on any atom is 0.431 e. The van der Waals surface area contributed by atoms with Crippen LogP contribution in [0.5, 0.6) is 0 Å². The minimum absolute atomic E-state index is 0.151. The van der Waals surface area contributed by atoms with Gasteiger partial charge in [0.25, 0.3) is 0 Å². The Bertz CT molecular complexity index is 734. The van der Waals surface area contributed by atoms with Gasteiger partial charge in [-0.25, -0.2) is 4.79 Å². The first-order valence-corrected chi connectivity index (χ1v) is 6.33. The van der Waals surface area contributed by atoms with E-state index in [2.05, 4.69) is 4.98 Å². The number of hydrogen-bond donors (Lipinski definition) is 1. The lowest BCUT2D eigenvalue weighted by molar-refractivity contribution is -0.141. The van der Waals surface area contributed by atoms with Crippen LogP contribution in [0.3, 0.4) is 0 Å². The number of aromatic nitrogens is 2. The lowest BCUT2D eigenvalue weighted by atomic mass is 10.2. The van der Waals surface area contributed by atoms with Gasteiger partial charge in [-0.2, -0.15) is 18.2 Å². The Morgan fingerprint density at radius 3 is 2.33 bits per heavy atom. The quantitative estimate of drug-likeness (QED) is 0.891. The van der Waals surface area contributed by atoms with E-state index in [1.165, 1.54) is 12.2 Å². The van der Waals surface area contributed by atoms with Gasteiger partial charge in [-0.15, -0.1) is 0 Å². The Kier molecular flexibility index (Phi) is 4.39. The van der Waals surface area contributed by atoms with Gasteiger partial charge in [0.15, 0.2) is 0 Å². The van der Waals surface area contributed by atoms with Crippen molar-refractivity contribution in [3.05, 3.63) is 61.7 Å².